The van der Waals surface area contributed by atoms with E-state index in [2.05, 4.69) is 5.32 Å². The number of nitrogens with zero attached hydrogens (tertiary/aromatic N) is 2. The molecule has 0 aliphatic carbocycles. The monoisotopic (exact) mass is 563 g/mol. The van der Waals surface area contributed by atoms with E-state index in [1.165, 1.54) is 9.21 Å². The summed E-state index contributed by atoms with van der Waals surface area (Å²) in [5, 5.41) is 2.93. The van der Waals surface area contributed by atoms with E-state index in [9.17, 15) is 18.0 Å². The summed E-state index contributed by atoms with van der Waals surface area (Å²) >= 11 is 0. The van der Waals surface area contributed by atoms with E-state index in [4.69, 9.17) is 0 Å². The molecule has 0 heterocycles. The maximum atomic E-state index is 14.2. The van der Waals surface area contributed by atoms with Crippen molar-refractivity contribution in [3.63, 3.8) is 0 Å². The highest BCUT2D eigenvalue weighted by molar-refractivity contribution is 7.92. The number of carbonyl (C=O) groups excluding carboxylic acids is 2. The lowest BCUT2D eigenvalue weighted by molar-refractivity contribution is -0.140. The Morgan fingerprint density at radius 2 is 1.48 bits per heavy atom. The Bertz CT molecular complexity index is 1450. The first kappa shape index (κ1) is 30.9. The minimum Gasteiger partial charge on any atom is -0.352 e. The Kier molecular flexibility index (Phi) is 10.1. The number of benzene rings is 3. The number of rotatable bonds is 11. The maximum absolute atomic E-state index is 14.2. The molecule has 1 atom stereocenters. The third-order valence-corrected chi connectivity index (χ3v) is 8.93. The predicted octanol–water partition coefficient (Wildman–Crippen LogP) is 5.45. The quantitative estimate of drug-likeness (QED) is 0.336. The second-order valence-corrected chi connectivity index (χ2v) is 12.4. The van der Waals surface area contributed by atoms with Crippen LogP contribution >= 0.6 is 0 Å². The Hall–Kier alpha value is -3.65. The zero-order chi connectivity index (χ0) is 29.6. The van der Waals surface area contributed by atoms with Crippen LogP contribution in [-0.2, 0) is 26.2 Å². The van der Waals surface area contributed by atoms with E-state index >= 15 is 0 Å². The van der Waals surface area contributed by atoms with E-state index in [0.29, 0.717) is 12.1 Å². The molecule has 0 aliphatic heterocycles. The molecule has 40 heavy (non-hydrogen) atoms. The van der Waals surface area contributed by atoms with Crippen molar-refractivity contribution in [1.29, 1.82) is 0 Å². The SMILES string of the molecule is CC[C@@H](C(=O)NC(C)C)N(Cc1ccccc1C)C(=O)CN(c1cccc(C)c1C)S(=O)(=O)c1ccc(C)cc1. The molecule has 8 heteroatoms. The topological polar surface area (TPSA) is 86.8 Å². The average molecular weight is 564 g/mol. The summed E-state index contributed by atoms with van der Waals surface area (Å²) in [4.78, 5) is 29.1. The minimum atomic E-state index is -4.11. The molecular weight excluding hydrogens is 522 g/mol. The minimum absolute atomic E-state index is 0.0989. The van der Waals surface area contributed by atoms with Gasteiger partial charge in [-0.05, 0) is 88.4 Å². The fraction of sp³-hybridized carbons (Fsp3) is 0.375. The molecule has 3 aromatic carbocycles. The highest BCUT2D eigenvalue weighted by Crippen LogP contribution is 2.29. The third kappa shape index (κ3) is 7.10. The molecular formula is C32H41N3O4S. The zero-order valence-electron chi connectivity index (χ0n) is 24.6. The van der Waals surface area contributed by atoms with Gasteiger partial charge in [0.15, 0.2) is 0 Å². The summed E-state index contributed by atoms with van der Waals surface area (Å²) in [6.45, 7) is 12.9. The number of nitrogens with one attached hydrogen (secondary N) is 1. The molecule has 0 bridgehead atoms. The molecule has 3 rings (SSSR count). The van der Waals surface area contributed by atoms with Gasteiger partial charge in [0.2, 0.25) is 11.8 Å². The molecule has 0 unspecified atom stereocenters. The molecule has 1 N–H and O–H groups in total. The molecule has 0 radical (unpaired) electrons. The summed E-state index contributed by atoms with van der Waals surface area (Å²) < 4.78 is 29.3. The van der Waals surface area contributed by atoms with Gasteiger partial charge in [0.05, 0.1) is 10.6 Å². The highest BCUT2D eigenvalue weighted by Gasteiger charge is 2.34. The van der Waals surface area contributed by atoms with Gasteiger partial charge < -0.3 is 10.2 Å². The molecule has 0 aliphatic rings. The van der Waals surface area contributed by atoms with E-state index < -0.39 is 28.5 Å². The molecule has 0 saturated heterocycles. The van der Waals surface area contributed by atoms with E-state index in [-0.39, 0.29) is 23.4 Å². The fourth-order valence-corrected chi connectivity index (χ4v) is 6.10. The number of anilines is 1. The summed E-state index contributed by atoms with van der Waals surface area (Å²) in [5.74, 6) is -0.718. The number of carbonyl (C=O) groups is 2. The van der Waals surface area contributed by atoms with Crippen LogP contribution in [0.3, 0.4) is 0 Å². The predicted molar refractivity (Wildman–Crippen MR) is 161 cm³/mol. The number of amides is 2. The molecule has 0 spiro atoms. The Balaban J connectivity index is 2.12. The van der Waals surface area contributed by atoms with Gasteiger partial charge >= 0.3 is 0 Å². The van der Waals surface area contributed by atoms with Gasteiger partial charge in [-0.1, -0.05) is 61.0 Å². The van der Waals surface area contributed by atoms with Gasteiger partial charge in [0.1, 0.15) is 12.6 Å². The Labute approximate surface area is 239 Å². The van der Waals surface area contributed by atoms with Crippen LogP contribution in [0.25, 0.3) is 0 Å². The van der Waals surface area contributed by atoms with Gasteiger partial charge in [-0.15, -0.1) is 0 Å². The van der Waals surface area contributed by atoms with Gasteiger partial charge in [0.25, 0.3) is 10.0 Å². The van der Waals surface area contributed by atoms with Crippen LogP contribution in [0.2, 0.25) is 0 Å². The van der Waals surface area contributed by atoms with Crippen molar-refractivity contribution in [2.75, 3.05) is 10.8 Å². The standard InChI is InChI=1S/C32H41N3O4S/c1-8-29(32(37)33-22(2)3)34(20-27-14-10-9-12-25(27)6)31(36)21-35(30-15-11-13-24(5)26(30)7)40(38,39)28-18-16-23(4)17-19-28/h9-19,22,29H,8,20-21H2,1-7H3,(H,33,37)/t29-/m0/s1. The molecule has 2 amide bonds. The molecule has 7 nitrogen and oxygen atoms in total. The van der Waals surface area contributed by atoms with Crippen molar-refractivity contribution < 1.29 is 18.0 Å². The van der Waals surface area contributed by atoms with Crippen LogP contribution in [-0.4, -0.2) is 43.8 Å². The van der Waals surface area contributed by atoms with Crippen LogP contribution in [0.5, 0.6) is 0 Å². The number of hydrogen-bond donors (Lipinski definition) is 1. The van der Waals surface area contributed by atoms with E-state index in [1.807, 2.05) is 78.8 Å². The summed E-state index contributed by atoms with van der Waals surface area (Å²) in [6.07, 6.45) is 0.379. The van der Waals surface area contributed by atoms with Crippen LogP contribution in [0.1, 0.15) is 55.0 Å². The first-order valence-corrected chi connectivity index (χ1v) is 15.1. The normalized spacial score (nSPS) is 12.2. The van der Waals surface area contributed by atoms with E-state index in [1.54, 1.807) is 36.4 Å². The van der Waals surface area contributed by atoms with Crippen LogP contribution in [0, 0.1) is 27.7 Å². The lowest BCUT2D eigenvalue weighted by atomic mass is 10.1. The third-order valence-electron chi connectivity index (χ3n) is 7.15. The summed E-state index contributed by atoms with van der Waals surface area (Å²) in [5.41, 5.74) is 4.92. The highest BCUT2D eigenvalue weighted by atomic mass is 32.2. The Morgan fingerprint density at radius 3 is 2.08 bits per heavy atom. The second-order valence-electron chi connectivity index (χ2n) is 10.6. The first-order chi connectivity index (χ1) is 18.9. The smallest absolute Gasteiger partial charge is 0.264 e. The molecule has 0 fully saturated rings. The average Bonchev–Trinajstić information content (AvgIpc) is 2.89. The fourth-order valence-electron chi connectivity index (χ4n) is 4.63. The Morgan fingerprint density at radius 1 is 0.850 bits per heavy atom. The van der Waals surface area contributed by atoms with Gasteiger partial charge in [-0.2, -0.15) is 0 Å². The molecule has 0 aromatic heterocycles. The van der Waals surface area contributed by atoms with E-state index in [0.717, 1.165) is 27.8 Å². The zero-order valence-corrected chi connectivity index (χ0v) is 25.4. The van der Waals surface area contributed by atoms with Crippen molar-refractivity contribution in [1.82, 2.24) is 10.2 Å². The second kappa shape index (κ2) is 13.1. The maximum Gasteiger partial charge on any atom is 0.264 e. The van der Waals surface area contributed by atoms with Gasteiger partial charge in [-0.3, -0.25) is 13.9 Å². The van der Waals surface area contributed by atoms with Crippen LogP contribution < -0.4 is 9.62 Å². The summed E-state index contributed by atoms with van der Waals surface area (Å²) in [6, 6.07) is 18.8. The number of hydrogen-bond acceptors (Lipinski definition) is 4. The van der Waals surface area contributed by atoms with Crippen molar-refractivity contribution >= 4 is 27.5 Å². The molecule has 3 aromatic rings. The molecule has 214 valence electrons. The summed E-state index contributed by atoms with van der Waals surface area (Å²) in [7, 11) is -4.11. The lowest BCUT2D eigenvalue weighted by Gasteiger charge is -2.34. The van der Waals surface area contributed by atoms with Gasteiger partial charge in [-0.25, -0.2) is 8.42 Å². The van der Waals surface area contributed by atoms with Crippen molar-refractivity contribution in [3.8, 4) is 0 Å². The van der Waals surface area contributed by atoms with Crippen LogP contribution in [0.4, 0.5) is 5.69 Å². The first-order valence-electron chi connectivity index (χ1n) is 13.7. The van der Waals surface area contributed by atoms with Crippen molar-refractivity contribution in [2.45, 2.75) is 78.4 Å². The van der Waals surface area contributed by atoms with Crippen molar-refractivity contribution in [3.05, 3.63) is 94.5 Å². The largest absolute Gasteiger partial charge is 0.352 e. The van der Waals surface area contributed by atoms with Gasteiger partial charge in [0, 0.05) is 12.6 Å². The van der Waals surface area contributed by atoms with Crippen molar-refractivity contribution in [2.24, 2.45) is 0 Å². The number of sulfonamides is 1. The van der Waals surface area contributed by atoms with Crippen LogP contribution in [0.15, 0.2) is 71.6 Å². The molecule has 0 saturated carbocycles. The number of aryl methyl sites for hydroxylation is 3. The lowest BCUT2D eigenvalue weighted by Crippen LogP contribution is -2.53.